The van der Waals surface area contributed by atoms with Gasteiger partial charge in [0, 0.05) is 12.0 Å². The molecule has 0 aromatic heterocycles. The van der Waals surface area contributed by atoms with Gasteiger partial charge < -0.3 is 15.6 Å². The van der Waals surface area contributed by atoms with Gasteiger partial charge in [-0.1, -0.05) is 36.4 Å². The molecule has 1 aliphatic carbocycles. The Morgan fingerprint density at radius 2 is 1.71 bits per heavy atom. The summed E-state index contributed by atoms with van der Waals surface area (Å²) in [7, 11) is 0. The summed E-state index contributed by atoms with van der Waals surface area (Å²) in [6, 6.07) is 17.4. The van der Waals surface area contributed by atoms with E-state index in [0.29, 0.717) is 35.5 Å². The number of para-hydroxylation sites is 1. The Balaban J connectivity index is 1.63. The topological polar surface area (TPSA) is 72.6 Å². The number of ether oxygens (including phenoxy) is 1. The van der Waals surface area contributed by atoms with Crippen molar-refractivity contribution in [3.8, 4) is 22.6 Å². The molecule has 7 heteroatoms. The number of carboxylic acids is 1. The van der Waals surface area contributed by atoms with Gasteiger partial charge in [-0.2, -0.15) is 13.2 Å². The molecule has 0 amide bonds. The van der Waals surface area contributed by atoms with E-state index >= 15 is 0 Å². The quantitative estimate of drug-likeness (QED) is 0.582. The number of halogens is 3. The van der Waals surface area contributed by atoms with Crippen LogP contribution in [0, 0.1) is 0 Å². The van der Waals surface area contributed by atoms with Crippen LogP contribution < -0.4 is 10.5 Å². The Morgan fingerprint density at radius 1 is 1.00 bits per heavy atom. The number of hydrogen-bond donors (Lipinski definition) is 2. The van der Waals surface area contributed by atoms with Crippen molar-refractivity contribution in [3.63, 3.8) is 0 Å². The SMILES string of the molecule is NC1(C(=O)O)CCc2ccc(Oc3ccccc3-c3ccc(C(F)(F)F)cc3)cc2C1. The average Bonchev–Trinajstić information content (AvgIpc) is 2.73. The molecule has 0 saturated carbocycles. The predicted molar refractivity (Wildman–Crippen MR) is 110 cm³/mol. The third-order valence-corrected chi connectivity index (χ3v) is 5.59. The highest BCUT2D eigenvalue weighted by molar-refractivity contribution is 5.79. The molecule has 1 aliphatic rings. The predicted octanol–water partition coefficient (Wildman–Crippen LogP) is 5.44. The van der Waals surface area contributed by atoms with Gasteiger partial charge >= 0.3 is 12.1 Å². The zero-order chi connectivity index (χ0) is 22.2. The van der Waals surface area contributed by atoms with Crippen molar-refractivity contribution in [1.82, 2.24) is 0 Å². The van der Waals surface area contributed by atoms with Gasteiger partial charge in [0.25, 0.3) is 0 Å². The number of carbonyl (C=O) groups is 1. The van der Waals surface area contributed by atoms with Gasteiger partial charge in [-0.15, -0.1) is 0 Å². The van der Waals surface area contributed by atoms with Gasteiger partial charge in [0.2, 0.25) is 0 Å². The maximum Gasteiger partial charge on any atom is 0.416 e. The van der Waals surface area contributed by atoms with Gasteiger partial charge in [-0.05, 0) is 59.9 Å². The number of rotatable bonds is 4. The summed E-state index contributed by atoms with van der Waals surface area (Å²) in [6.07, 6.45) is -3.26. The molecule has 3 N–H and O–H groups in total. The van der Waals surface area contributed by atoms with Crippen LogP contribution in [0.15, 0.2) is 66.7 Å². The van der Waals surface area contributed by atoms with Crippen LogP contribution >= 0.6 is 0 Å². The van der Waals surface area contributed by atoms with E-state index in [4.69, 9.17) is 10.5 Å². The minimum atomic E-state index is -4.40. The second-order valence-corrected chi connectivity index (χ2v) is 7.74. The van der Waals surface area contributed by atoms with E-state index in [-0.39, 0.29) is 6.42 Å². The zero-order valence-electron chi connectivity index (χ0n) is 16.4. The van der Waals surface area contributed by atoms with Crippen LogP contribution in [0.25, 0.3) is 11.1 Å². The summed E-state index contributed by atoms with van der Waals surface area (Å²) < 4.78 is 44.6. The van der Waals surface area contributed by atoms with E-state index in [2.05, 4.69) is 0 Å². The molecule has 0 heterocycles. The standard InChI is InChI=1S/C24H20F3NO3/c25-24(26,27)18-8-5-16(6-9-18)20-3-1-2-4-21(20)31-19-10-7-15-11-12-23(28,22(29)30)14-17(15)13-19/h1-10,13H,11-12,14,28H2,(H,29,30). The molecule has 1 unspecified atom stereocenters. The van der Waals surface area contributed by atoms with Crippen LogP contribution in [0.3, 0.4) is 0 Å². The Labute approximate surface area is 177 Å². The minimum absolute atomic E-state index is 0.204. The molecular formula is C24H20F3NO3. The summed E-state index contributed by atoms with van der Waals surface area (Å²) >= 11 is 0. The smallest absolute Gasteiger partial charge is 0.416 e. The first-order chi connectivity index (χ1) is 14.7. The van der Waals surface area contributed by atoms with E-state index in [0.717, 1.165) is 23.3 Å². The summed E-state index contributed by atoms with van der Waals surface area (Å²) in [4.78, 5) is 11.5. The van der Waals surface area contributed by atoms with Crippen molar-refractivity contribution in [2.75, 3.05) is 0 Å². The van der Waals surface area contributed by atoms with Crippen molar-refractivity contribution in [2.45, 2.75) is 31.0 Å². The lowest BCUT2D eigenvalue weighted by atomic mass is 9.78. The van der Waals surface area contributed by atoms with Crippen LogP contribution in [-0.2, 0) is 23.8 Å². The van der Waals surface area contributed by atoms with Gasteiger partial charge in [-0.25, -0.2) is 0 Å². The van der Waals surface area contributed by atoms with Crippen molar-refractivity contribution in [1.29, 1.82) is 0 Å². The lowest BCUT2D eigenvalue weighted by molar-refractivity contribution is -0.143. The first-order valence-corrected chi connectivity index (χ1v) is 9.74. The van der Waals surface area contributed by atoms with Gasteiger partial charge in [0.1, 0.15) is 17.0 Å². The molecule has 4 nitrogen and oxygen atoms in total. The molecule has 160 valence electrons. The average molecular weight is 427 g/mol. The molecule has 0 aliphatic heterocycles. The highest BCUT2D eigenvalue weighted by Gasteiger charge is 2.37. The summed E-state index contributed by atoms with van der Waals surface area (Å²) in [5.74, 6) is -0.0415. The molecule has 0 saturated heterocycles. The maximum absolute atomic E-state index is 12.9. The number of alkyl halides is 3. The third kappa shape index (κ3) is 4.27. The first kappa shape index (κ1) is 20.9. The minimum Gasteiger partial charge on any atom is -0.480 e. The normalized spacial score (nSPS) is 18.3. The Bertz CT molecular complexity index is 1130. The second-order valence-electron chi connectivity index (χ2n) is 7.74. The molecule has 0 fully saturated rings. The molecule has 0 spiro atoms. The number of aliphatic carboxylic acids is 1. The lowest BCUT2D eigenvalue weighted by Gasteiger charge is -2.31. The molecule has 4 rings (SSSR count). The fourth-order valence-corrected chi connectivity index (χ4v) is 3.80. The molecule has 31 heavy (non-hydrogen) atoms. The molecular weight excluding hydrogens is 407 g/mol. The van der Waals surface area contributed by atoms with Crippen LogP contribution in [0.4, 0.5) is 13.2 Å². The van der Waals surface area contributed by atoms with E-state index in [1.807, 2.05) is 6.07 Å². The van der Waals surface area contributed by atoms with Crippen LogP contribution in [0.5, 0.6) is 11.5 Å². The summed E-state index contributed by atoms with van der Waals surface area (Å²) in [6.45, 7) is 0. The third-order valence-electron chi connectivity index (χ3n) is 5.59. The fourth-order valence-electron chi connectivity index (χ4n) is 3.80. The Hall–Kier alpha value is -3.32. The molecule has 1 atom stereocenters. The fraction of sp³-hybridized carbons (Fsp3) is 0.208. The van der Waals surface area contributed by atoms with Gasteiger partial charge in [0.15, 0.2) is 0 Å². The van der Waals surface area contributed by atoms with Gasteiger partial charge in [0.05, 0.1) is 5.56 Å². The number of fused-ring (bicyclic) bond motifs is 1. The molecule has 0 radical (unpaired) electrons. The first-order valence-electron chi connectivity index (χ1n) is 9.74. The maximum atomic E-state index is 12.9. The number of benzene rings is 3. The molecule has 0 bridgehead atoms. The second kappa shape index (κ2) is 7.74. The Morgan fingerprint density at radius 3 is 2.39 bits per heavy atom. The van der Waals surface area contributed by atoms with E-state index in [1.165, 1.54) is 12.1 Å². The molecule has 3 aromatic carbocycles. The Kier molecular flexibility index (Phi) is 5.23. The van der Waals surface area contributed by atoms with Crippen molar-refractivity contribution in [2.24, 2.45) is 5.73 Å². The highest BCUT2D eigenvalue weighted by atomic mass is 19.4. The van der Waals surface area contributed by atoms with Crippen LogP contribution in [0.1, 0.15) is 23.1 Å². The summed E-state index contributed by atoms with van der Waals surface area (Å²) in [5, 5.41) is 9.43. The van der Waals surface area contributed by atoms with Crippen LogP contribution in [0.2, 0.25) is 0 Å². The number of hydrogen-bond acceptors (Lipinski definition) is 3. The number of nitrogens with two attached hydrogens (primary N) is 1. The monoisotopic (exact) mass is 427 g/mol. The number of carboxylic acid groups (broad SMARTS) is 1. The number of aryl methyl sites for hydroxylation is 1. The zero-order valence-corrected chi connectivity index (χ0v) is 16.4. The van der Waals surface area contributed by atoms with Crippen molar-refractivity contribution in [3.05, 3.63) is 83.4 Å². The largest absolute Gasteiger partial charge is 0.480 e. The van der Waals surface area contributed by atoms with Crippen LogP contribution in [-0.4, -0.2) is 16.6 Å². The van der Waals surface area contributed by atoms with Gasteiger partial charge in [-0.3, -0.25) is 4.79 Å². The summed E-state index contributed by atoms with van der Waals surface area (Å²) in [5.41, 5.74) is 7.12. The van der Waals surface area contributed by atoms with E-state index in [1.54, 1.807) is 36.4 Å². The highest BCUT2D eigenvalue weighted by Crippen LogP contribution is 2.37. The van der Waals surface area contributed by atoms with Crippen molar-refractivity contribution >= 4 is 5.97 Å². The lowest BCUT2D eigenvalue weighted by Crippen LogP contribution is -2.52. The molecule has 3 aromatic rings. The van der Waals surface area contributed by atoms with Crippen molar-refractivity contribution < 1.29 is 27.8 Å². The van der Waals surface area contributed by atoms with E-state index in [9.17, 15) is 23.1 Å². The van der Waals surface area contributed by atoms with E-state index < -0.39 is 23.2 Å².